The summed E-state index contributed by atoms with van der Waals surface area (Å²) < 4.78 is 56.8. The van der Waals surface area contributed by atoms with Gasteiger partial charge in [0.25, 0.3) is 21.8 Å². The summed E-state index contributed by atoms with van der Waals surface area (Å²) in [6.45, 7) is 14.9. The van der Waals surface area contributed by atoms with Crippen LogP contribution in [0.25, 0.3) is 11.0 Å². The fourth-order valence-corrected chi connectivity index (χ4v) is 12.2. The Bertz CT molecular complexity index is 2800. The molecule has 4 fully saturated rings. The number of hydrogen-bond donors (Lipinski definition) is 5. The molecular weight excluding hydrogens is 914 g/mol. The summed E-state index contributed by atoms with van der Waals surface area (Å²) in [7, 11) is -1.85. The van der Waals surface area contributed by atoms with Gasteiger partial charge in [0, 0.05) is 81.4 Å². The van der Waals surface area contributed by atoms with E-state index in [0.717, 1.165) is 89.7 Å². The number of halogens is 1. The third-order valence-corrected chi connectivity index (χ3v) is 16.9. The SMILES string of the molecule is CCN1CCN(C2CC3(CCN(c4ccc(C(=O)NS(=O)(=O)c5cnc(NCC6CCC(C)(O)CC6)c([NH+](C)[O-])c5)c(Oc5cc6c(F)c[nH]c6nc5OC)c4)CC3)C2)C(c2ccccc2C(C)C)C1. The van der Waals surface area contributed by atoms with Gasteiger partial charge in [-0.1, -0.05) is 45.0 Å². The highest BCUT2D eigenvalue weighted by Crippen LogP contribution is 2.53. The molecule has 2 aromatic carbocycles. The number of pyridine rings is 2. The van der Waals surface area contributed by atoms with Crippen LogP contribution in [0, 0.1) is 22.4 Å². The maximum atomic E-state index is 14.9. The molecule has 70 heavy (non-hydrogen) atoms. The number of nitrogens with one attached hydrogen (secondary N) is 4. The quantitative estimate of drug-likeness (QED) is 0.0659. The monoisotopic (exact) mass is 981 g/mol. The second-order valence-electron chi connectivity index (χ2n) is 20.7. The third kappa shape index (κ3) is 10.3. The van der Waals surface area contributed by atoms with Crippen LogP contribution in [0.1, 0.15) is 113 Å². The van der Waals surface area contributed by atoms with E-state index < -0.39 is 32.4 Å². The van der Waals surface area contributed by atoms with Gasteiger partial charge in [0.15, 0.2) is 17.3 Å². The molecule has 2 aliphatic carbocycles. The molecule has 4 aliphatic rings. The number of aromatic amines is 1. The Hall–Kier alpha value is -5.37. The van der Waals surface area contributed by atoms with Crippen LogP contribution in [-0.4, -0.2) is 116 Å². The number of aromatic nitrogens is 3. The number of hydrogen-bond acceptors (Lipinski definition) is 13. The van der Waals surface area contributed by atoms with E-state index in [-0.39, 0.29) is 61.7 Å². The van der Waals surface area contributed by atoms with E-state index in [1.165, 1.54) is 49.7 Å². The molecule has 5 N–H and O–H groups in total. The molecule has 5 aromatic rings. The Labute approximate surface area is 410 Å². The van der Waals surface area contributed by atoms with Crippen LogP contribution in [0.15, 0.2) is 71.9 Å². The molecule has 0 radical (unpaired) electrons. The van der Waals surface area contributed by atoms with Crippen LogP contribution in [-0.2, 0) is 10.0 Å². The molecule has 376 valence electrons. The van der Waals surface area contributed by atoms with Crippen molar-refractivity contribution in [1.29, 1.82) is 0 Å². The lowest BCUT2D eigenvalue weighted by Gasteiger charge is -2.58. The molecule has 2 saturated heterocycles. The van der Waals surface area contributed by atoms with Crippen molar-refractivity contribution in [3.05, 3.63) is 94.7 Å². The second-order valence-corrected chi connectivity index (χ2v) is 22.4. The van der Waals surface area contributed by atoms with E-state index in [2.05, 4.69) is 84.7 Å². The number of anilines is 2. The highest BCUT2D eigenvalue weighted by molar-refractivity contribution is 7.90. The number of H-pyrrole nitrogens is 1. The second kappa shape index (κ2) is 20.0. The fourth-order valence-electron chi connectivity index (χ4n) is 11.3. The van der Waals surface area contributed by atoms with Crippen molar-refractivity contribution in [1.82, 2.24) is 29.5 Å². The predicted octanol–water partition coefficient (Wildman–Crippen LogP) is 7.26. The van der Waals surface area contributed by atoms with Crippen molar-refractivity contribution in [2.24, 2.45) is 11.3 Å². The van der Waals surface area contributed by atoms with Gasteiger partial charge in [0.05, 0.1) is 36.9 Å². The van der Waals surface area contributed by atoms with Crippen molar-refractivity contribution in [2.45, 2.75) is 108 Å². The van der Waals surface area contributed by atoms with Gasteiger partial charge in [0.2, 0.25) is 0 Å². The van der Waals surface area contributed by atoms with Crippen molar-refractivity contribution in [2.75, 3.05) is 70.2 Å². The number of methoxy groups -OCH3 is 1. The number of rotatable bonds is 15. The van der Waals surface area contributed by atoms with Crippen molar-refractivity contribution in [3.8, 4) is 17.4 Å². The molecule has 1 spiro atoms. The lowest BCUT2D eigenvalue weighted by Crippen LogP contribution is -2.98. The van der Waals surface area contributed by atoms with Crippen molar-refractivity contribution >= 4 is 44.2 Å². The number of nitrogens with zero attached hydrogens (tertiary/aromatic N) is 5. The van der Waals surface area contributed by atoms with Gasteiger partial charge in [-0.15, -0.1) is 0 Å². The van der Waals surface area contributed by atoms with E-state index in [0.29, 0.717) is 37.4 Å². The Morgan fingerprint density at radius 3 is 2.49 bits per heavy atom. The Morgan fingerprint density at radius 1 is 1.04 bits per heavy atom. The molecule has 16 nitrogen and oxygen atoms in total. The summed E-state index contributed by atoms with van der Waals surface area (Å²) in [6.07, 6.45) is 9.50. The average Bonchev–Trinajstić information content (AvgIpc) is 3.70. The number of sulfonamides is 1. The van der Waals surface area contributed by atoms with Crippen LogP contribution in [0.2, 0.25) is 0 Å². The standard InChI is InChI=1S/C52H68FN9O7S/c1-7-60-22-23-62(44(32-60)39-11-9-8-10-38(39)33(2)3)36-27-52(28-36)18-20-61(21-19-52)35-12-13-40(45(24-35)69-46-26-41-42(53)31-56-47(41)57-50(46)68-6)49(63)58-70(66,67)37-25-43(59(5)65)48(55-30-37)54-29-34-14-16-51(4,64)17-15-34/h8-13,24-26,30-31,33-34,36,44,59,64H,7,14-23,27-29,32H2,1-6H3,(H,54,55)(H,56,57)(H,58,63). The normalized spacial score (nSPS) is 22.8. The first-order valence-electron chi connectivity index (χ1n) is 24.8. The largest absolute Gasteiger partial charge is 0.629 e. The lowest BCUT2D eigenvalue weighted by molar-refractivity contribution is -0.751. The number of quaternary nitrogens is 1. The molecule has 5 heterocycles. The topological polar surface area (TPSA) is 193 Å². The highest BCUT2D eigenvalue weighted by atomic mass is 32.2. The Morgan fingerprint density at radius 2 is 1.79 bits per heavy atom. The summed E-state index contributed by atoms with van der Waals surface area (Å²) >= 11 is 0. The number of carbonyl (C=O) groups is 1. The molecule has 3 aromatic heterocycles. The van der Waals surface area contributed by atoms with Gasteiger partial charge in [0.1, 0.15) is 22.1 Å². The number of benzene rings is 2. The zero-order valence-electron chi connectivity index (χ0n) is 41.2. The summed E-state index contributed by atoms with van der Waals surface area (Å²) in [5.74, 6) is -0.563. The van der Waals surface area contributed by atoms with Gasteiger partial charge in [-0.2, -0.15) is 4.98 Å². The molecule has 9 rings (SSSR count). The lowest BCUT2D eigenvalue weighted by atomic mass is 9.59. The summed E-state index contributed by atoms with van der Waals surface area (Å²) in [5.41, 5.74) is 3.39. The summed E-state index contributed by atoms with van der Waals surface area (Å²) in [4.78, 5) is 32.9. The maximum absolute atomic E-state index is 14.9. The van der Waals surface area contributed by atoms with Gasteiger partial charge in [-0.05, 0) is 105 Å². The molecule has 2 aliphatic heterocycles. The van der Waals surface area contributed by atoms with Crippen LogP contribution in [0.4, 0.5) is 21.6 Å². The number of aliphatic hydroxyl groups is 1. The predicted molar refractivity (Wildman–Crippen MR) is 268 cm³/mol. The van der Waals surface area contributed by atoms with Crippen LogP contribution >= 0.6 is 0 Å². The van der Waals surface area contributed by atoms with E-state index in [4.69, 9.17) is 9.47 Å². The van der Waals surface area contributed by atoms with Gasteiger partial charge in [-0.25, -0.2) is 22.5 Å². The number of hydroxylamine groups is 1. The number of carbonyl (C=O) groups excluding carboxylic acids is 1. The molecule has 0 bridgehead atoms. The highest BCUT2D eigenvalue weighted by Gasteiger charge is 2.50. The average molecular weight is 982 g/mol. The first-order valence-corrected chi connectivity index (χ1v) is 26.3. The van der Waals surface area contributed by atoms with Gasteiger partial charge >= 0.3 is 0 Å². The van der Waals surface area contributed by atoms with Crippen molar-refractivity contribution < 1.29 is 37.2 Å². The first kappa shape index (κ1) is 49.6. The summed E-state index contributed by atoms with van der Waals surface area (Å²) in [6, 6.07) is 17.5. The molecule has 2 saturated carbocycles. The van der Waals surface area contributed by atoms with Crippen LogP contribution in [0.5, 0.6) is 17.4 Å². The van der Waals surface area contributed by atoms with Gasteiger partial charge in [-0.3, -0.25) is 9.69 Å². The zero-order chi connectivity index (χ0) is 49.5. The van der Waals surface area contributed by atoms with E-state index >= 15 is 0 Å². The molecule has 1 amide bonds. The Kier molecular flexibility index (Phi) is 14.2. The third-order valence-electron chi connectivity index (χ3n) is 15.6. The van der Waals surface area contributed by atoms with Crippen LogP contribution in [0.3, 0.4) is 0 Å². The minimum Gasteiger partial charge on any atom is -0.629 e. The molecule has 18 heteroatoms. The number of piperazine rings is 1. The van der Waals surface area contributed by atoms with E-state index in [1.54, 1.807) is 12.1 Å². The minimum absolute atomic E-state index is 0.00912. The molecular formula is C52H68FN9O7S. The van der Waals surface area contributed by atoms with Crippen LogP contribution < -0.4 is 29.5 Å². The Balaban J connectivity index is 0.929. The number of fused-ring (bicyclic) bond motifs is 1. The summed E-state index contributed by atoms with van der Waals surface area (Å²) in [5, 5.41) is 26.1. The smallest absolute Gasteiger partial charge is 0.268 e. The maximum Gasteiger partial charge on any atom is 0.268 e. The number of likely N-dealkylation sites (N-methyl/N-ethyl adjacent to an activating group) is 1. The number of piperidine rings is 1. The van der Waals surface area contributed by atoms with Gasteiger partial charge < -0.3 is 45.0 Å². The van der Waals surface area contributed by atoms with E-state index in [1.807, 2.05) is 6.92 Å². The first-order chi connectivity index (χ1) is 33.4. The number of amides is 1. The fraction of sp³-hybridized carbons (Fsp3) is 0.519. The van der Waals surface area contributed by atoms with Crippen molar-refractivity contribution in [3.63, 3.8) is 0 Å². The van der Waals surface area contributed by atoms with E-state index in [9.17, 15) is 27.9 Å². The molecule has 2 unspecified atom stereocenters. The zero-order valence-corrected chi connectivity index (χ0v) is 42.0. The minimum atomic E-state index is -4.57. The molecule has 2 atom stereocenters. The number of ether oxygens (including phenoxy) is 2.